The van der Waals surface area contributed by atoms with Gasteiger partial charge in [-0.15, -0.1) is 0 Å². The average Bonchev–Trinajstić information content (AvgIpc) is 2.47. The molecule has 1 amide bonds. The molecule has 20 heavy (non-hydrogen) atoms. The normalized spacial score (nSPS) is 13.2. The van der Waals surface area contributed by atoms with E-state index in [0.717, 1.165) is 6.42 Å². The lowest BCUT2D eigenvalue weighted by Crippen LogP contribution is -2.41. The summed E-state index contributed by atoms with van der Waals surface area (Å²) in [7, 11) is 3.02. The van der Waals surface area contributed by atoms with Crippen LogP contribution in [-0.2, 0) is 9.53 Å². The summed E-state index contributed by atoms with van der Waals surface area (Å²) in [6, 6.07) is 6.96. The van der Waals surface area contributed by atoms with Crippen molar-refractivity contribution in [1.82, 2.24) is 0 Å². The summed E-state index contributed by atoms with van der Waals surface area (Å²) in [5.74, 6) is 0.254. The maximum Gasteiger partial charge on any atom is 0.256 e. The number of ether oxygens (including phenoxy) is 2. The van der Waals surface area contributed by atoms with Crippen LogP contribution in [0.1, 0.15) is 32.3 Å². The van der Waals surface area contributed by atoms with E-state index >= 15 is 0 Å². The van der Waals surface area contributed by atoms with Crippen molar-refractivity contribution in [3.8, 4) is 11.8 Å². The number of anilines is 1. The van der Waals surface area contributed by atoms with Gasteiger partial charge >= 0.3 is 0 Å². The molecule has 0 aromatic heterocycles. The molecule has 1 aromatic carbocycles. The summed E-state index contributed by atoms with van der Waals surface area (Å²) in [5.41, 5.74) is 0.0493. The zero-order chi connectivity index (χ0) is 15.2. The third-order valence-electron chi connectivity index (χ3n) is 3.24. The second kappa shape index (κ2) is 6.92. The van der Waals surface area contributed by atoms with E-state index in [1.807, 2.05) is 13.0 Å². The largest absolute Gasteiger partial charge is 0.495 e. The van der Waals surface area contributed by atoms with Gasteiger partial charge in [-0.25, -0.2) is 0 Å². The highest BCUT2D eigenvalue weighted by Crippen LogP contribution is 2.24. The van der Waals surface area contributed by atoms with E-state index in [1.54, 1.807) is 25.1 Å². The molecule has 1 N–H and O–H groups in total. The molecule has 5 nitrogen and oxygen atoms in total. The first kappa shape index (κ1) is 16.0. The van der Waals surface area contributed by atoms with Crippen LogP contribution in [-0.4, -0.2) is 25.7 Å². The quantitative estimate of drug-likeness (QED) is 0.867. The van der Waals surface area contributed by atoms with E-state index < -0.39 is 5.60 Å². The van der Waals surface area contributed by atoms with Crippen molar-refractivity contribution in [3.63, 3.8) is 0 Å². The fourth-order valence-electron chi connectivity index (χ4n) is 1.92. The van der Waals surface area contributed by atoms with Gasteiger partial charge in [-0.1, -0.05) is 13.3 Å². The molecule has 0 fully saturated rings. The summed E-state index contributed by atoms with van der Waals surface area (Å²) in [4.78, 5) is 12.3. The highest BCUT2D eigenvalue weighted by atomic mass is 16.5. The zero-order valence-electron chi connectivity index (χ0n) is 12.3. The fourth-order valence-corrected chi connectivity index (χ4v) is 1.92. The zero-order valence-corrected chi connectivity index (χ0v) is 12.3. The van der Waals surface area contributed by atoms with E-state index in [0.29, 0.717) is 23.4 Å². The first-order valence-electron chi connectivity index (χ1n) is 6.45. The molecule has 1 atom stereocenters. The Morgan fingerprint density at radius 3 is 2.65 bits per heavy atom. The van der Waals surface area contributed by atoms with Crippen molar-refractivity contribution >= 4 is 11.6 Å². The third-order valence-corrected chi connectivity index (χ3v) is 3.24. The van der Waals surface area contributed by atoms with Gasteiger partial charge in [0.05, 0.1) is 12.7 Å². The average molecular weight is 276 g/mol. The summed E-state index contributed by atoms with van der Waals surface area (Å²) in [6.45, 7) is 3.74. The highest BCUT2D eigenvalue weighted by molar-refractivity contribution is 5.97. The number of methoxy groups -OCH3 is 2. The molecular formula is C15H20N2O3. The maximum atomic E-state index is 12.3. The number of nitrogens with zero attached hydrogens (tertiary/aromatic N) is 1. The van der Waals surface area contributed by atoms with Crippen LogP contribution in [0.2, 0.25) is 0 Å². The molecule has 0 unspecified atom stereocenters. The molecule has 0 spiro atoms. The second-order valence-electron chi connectivity index (χ2n) is 4.67. The monoisotopic (exact) mass is 276 g/mol. The number of carbonyl (C=O) groups excluding carboxylic acids is 1. The Hall–Kier alpha value is -2.06. The molecule has 1 rings (SSSR count). The topological polar surface area (TPSA) is 71.3 Å². The molecule has 0 bridgehead atoms. The van der Waals surface area contributed by atoms with Crippen LogP contribution in [0.15, 0.2) is 18.2 Å². The Kier molecular flexibility index (Phi) is 5.53. The maximum absolute atomic E-state index is 12.3. The number of benzene rings is 1. The predicted octanol–water partition coefficient (Wildman–Crippen LogP) is 2.71. The van der Waals surface area contributed by atoms with E-state index in [1.165, 1.54) is 14.2 Å². The van der Waals surface area contributed by atoms with Gasteiger partial charge in [-0.05, 0) is 31.5 Å². The van der Waals surface area contributed by atoms with E-state index in [4.69, 9.17) is 14.7 Å². The van der Waals surface area contributed by atoms with Crippen molar-refractivity contribution in [1.29, 1.82) is 5.26 Å². The third kappa shape index (κ3) is 3.49. The SMILES string of the molecule is CCC[C@@](C)(OC)C(=O)Nc1ccc(OC)c(C#N)c1. The summed E-state index contributed by atoms with van der Waals surface area (Å²) >= 11 is 0. The number of hydrogen-bond acceptors (Lipinski definition) is 4. The first-order valence-corrected chi connectivity index (χ1v) is 6.45. The van der Waals surface area contributed by atoms with Gasteiger partial charge in [0.25, 0.3) is 5.91 Å². The summed E-state index contributed by atoms with van der Waals surface area (Å²) < 4.78 is 10.4. The molecule has 0 saturated carbocycles. The van der Waals surface area contributed by atoms with Crippen LogP contribution < -0.4 is 10.1 Å². The molecule has 108 valence electrons. The Bertz CT molecular complexity index is 522. The first-order chi connectivity index (χ1) is 9.50. The minimum absolute atomic E-state index is 0.226. The van der Waals surface area contributed by atoms with Gasteiger partial charge < -0.3 is 14.8 Å². The summed E-state index contributed by atoms with van der Waals surface area (Å²) in [6.07, 6.45) is 1.46. The van der Waals surface area contributed by atoms with Gasteiger partial charge in [0.2, 0.25) is 0 Å². The lowest BCUT2D eigenvalue weighted by atomic mass is 9.99. The van der Waals surface area contributed by atoms with Gasteiger partial charge in [0.15, 0.2) is 0 Å². The predicted molar refractivity (Wildman–Crippen MR) is 76.7 cm³/mol. The smallest absolute Gasteiger partial charge is 0.256 e. The molecule has 0 aliphatic rings. The Morgan fingerprint density at radius 1 is 1.45 bits per heavy atom. The minimum atomic E-state index is -0.874. The van der Waals surface area contributed by atoms with Gasteiger partial charge in [-0.2, -0.15) is 5.26 Å². The Morgan fingerprint density at radius 2 is 2.15 bits per heavy atom. The molecule has 0 aliphatic carbocycles. The van der Waals surface area contributed by atoms with Crippen molar-refractivity contribution < 1.29 is 14.3 Å². The van der Waals surface area contributed by atoms with Crippen molar-refractivity contribution in [3.05, 3.63) is 23.8 Å². The molecule has 0 radical (unpaired) electrons. The van der Waals surface area contributed by atoms with E-state index in [9.17, 15) is 4.79 Å². The van der Waals surface area contributed by atoms with Gasteiger partial charge in [0.1, 0.15) is 17.4 Å². The van der Waals surface area contributed by atoms with E-state index in [2.05, 4.69) is 5.32 Å². The number of carbonyl (C=O) groups is 1. The van der Waals surface area contributed by atoms with E-state index in [-0.39, 0.29) is 5.91 Å². The van der Waals surface area contributed by atoms with Crippen LogP contribution in [0.3, 0.4) is 0 Å². The number of nitriles is 1. The second-order valence-corrected chi connectivity index (χ2v) is 4.67. The van der Waals surface area contributed by atoms with Crippen LogP contribution in [0.4, 0.5) is 5.69 Å². The Balaban J connectivity index is 2.94. The standard InChI is InChI=1S/C15H20N2O3/c1-5-8-15(2,20-4)14(18)17-12-6-7-13(19-3)11(9-12)10-16/h6-7,9H,5,8H2,1-4H3,(H,17,18)/t15-/m1/s1. The number of amides is 1. The minimum Gasteiger partial charge on any atom is -0.495 e. The van der Waals surface area contributed by atoms with Crippen LogP contribution >= 0.6 is 0 Å². The molecule has 5 heteroatoms. The fraction of sp³-hybridized carbons (Fsp3) is 0.467. The highest BCUT2D eigenvalue weighted by Gasteiger charge is 2.32. The summed E-state index contributed by atoms with van der Waals surface area (Å²) in [5, 5.41) is 11.8. The molecule has 0 aliphatic heterocycles. The number of nitrogens with one attached hydrogen (secondary N) is 1. The molecule has 0 heterocycles. The molecule has 1 aromatic rings. The van der Waals surface area contributed by atoms with Crippen molar-refractivity contribution in [2.45, 2.75) is 32.3 Å². The van der Waals surface area contributed by atoms with Gasteiger partial charge in [0, 0.05) is 12.8 Å². The lowest BCUT2D eigenvalue weighted by molar-refractivity contribution is -0.136. The number of hydrogen-bond donors (Lipinski definition) is 1. The molecular weight excluding hydrogens is 256 g/mol. The van der Waals surface area contributed by atoms with Crippen LogP contribution in [0.5, 0.6) is 5.75 Å². The van der Waals surface area contributed by atoms with Crippen LogP contribution in [0.25, 0.3) is 0 Å². The van der Waals surface area contributed by atoms with Gasteiger partial charge in [-0.3, -0.25) is 4.79 Å². The number of rotatable bonds is 6. The lowest BCUT2D eigenvalue weighted by Gasteiger charge is -2.26. The van der Waals surface area contributed by atoms with Crippen molar-refractivity contribution in [2.24, 2.45) is 0 Å². The van der Waals surface area contributed by atoms with Crippen LogP contribution in [0, 0.1) is 11.3 Å². The molecule has 0 saturated heterocycles. The van der Waals surface area contributed by atoms with Crippen molar-refractivity contribution in [2.75, 3.05) is 19.5 Å². The Labute approximate surface area is 119 Å².